The molecule has 0 fully saturated rings. The summed E-state index contributed by atoms with van der Waals surface area (Å²) in [5.41, 5.74) is 0.943. The van der Waals surface area contributed by atoms with Crippen molar-refractivity contribution in [2.75, 3.05) is 39.6 Å². The SMILES string of the molecule is COc1ccc(Cl)cc1Nc1ccc(C(=O)NCCCN(C)C)nn1. The molecule has 0 aliphatic heterocycles. The fraction of sp³-hybridized carbons (Fsp3) is 0.353. The summed E-state index contributed by atoms with van der Waals surface area (Å²) < 4.78 is 5.27. The third kappa shape index (κ3) is 5.88. The number of nitrogens with one attached hydrogen (secondary N) is 2. The van der Waals surface area contributed by atoms with Crippen molar-refractivity contribution in [2.45, 2.75) is 6.42 Å². The molecule has 0 spiro atoms. The number of hydrogen-bond acceptors (Lipinski definition) is 6. The molecule has 1 heterocycles. The predicted molar refractivity (Wildman–Crippen MR) is 98.8 cm³/mol. The van der Waals surface area contributed by atoms with E-state index >= 15 is 0 Å². The van der Waals surface area contributed by atoms with Crippen molar-refractivity contribution >= 4 is 29.0 Å². The highest BCUT2D eigenvalue weighted by Gasteiger charge is 2.09. The minimum atomic E-state index is -0.238. The molecule has 0 unspecified atom stereocenters. The predicted octanol–water partition coefficient (Wildman–Crippen LogP) is 2.56. The standard InChI is InChI=1S/C17H22ClN5O2/c1-23(2)10-4-9-19-17(24)13-6-8-16(22-21-13)20-14-11-12(18)5-7-15(14)25-3/h5-8,11H,4,9-10H2,1-3H3,(H,19,24)(H,20,22). The van der Waals surface area contributed by atoms with Gasteiger partial charge in [0.05, 0.1) is 12.8 Å². The third-order valence-corrected chi connectivity index (χ3v) is 3.62. The Balaban J connectivity index is 1.96. The number of benzene rings is 1. The van der Waals surface area contributed by atoms with E-state index in [9.17, 15) is 4.79 Å². The minimum Gasteiger partial charge on any atom is -0.495 e. The van der Waals surface area contributed by atoms with E-state index in [1.54, 1.807) is 37.4 Å². The van der Waals surface area contributed by atoms with Crippen LogP contribution in [0.3, 0.4) is 0 Å². The topological polar surface area (TPSA) is 79.4 Å². The quantitative estimate of drug-likeness (QED) is 0.702. The molecule has 2 N–H and O–H groups in total. The number of amides is 1. The number of halogens is 1. The molecule has 0 atom stereocenters. The molecule has 7 nitrogen and oxygen atoms in total. The van der Waals surface area contributed by atoms with E-state index in [4.69, 9.17) is 16.3 Å². The number of rotatable bonds is 8. The van der Waals surface area contributed by atoms with Crippen molar-refractivity contribution in [2.24, 2.45) is 0 Å². The molecule has 2 aromatic rings. The molecular weight excluding hydrogens is 342 g/mol. The Morgan fingerprint density at radius 1 is 1.24 bits per heavy atom. The van der Waals surface area contributed by atoms with Gasteiger partial charge in [-0.1, -0.05) is 11.6 Å². The Kier molecular flexibility index (Phi) is 6.97. The monoisotopic (exact) mass is 363 g/mol. The van der Waals surface area contributed by atoms with Crippen LogP contribution in [0.5, 0.6) is 5.75 Å². The van der Waals surface area contributed by atoms with Crippen LogP contribution in [0, 0.1) is 0 Å². The van der Waals surface area contributed by atoms with Gasteiger partial charge in [-0.25, -0.2) is 0 Å². The number of anilines is 2. The molecule has 0 saturated carbocycles. The van der Waals surface area contributed by atoms with E-state index in [0.717, 1.165) is 13.0 Å². The van der Waals surface area contributed by atoms with Crippen LogP contribution in [-0.2, 0) is 0 Å². The van der Waals surface area contributed by atoms with Crippen LogP contribution in [0.2, 0.25) is 5.02 Å². The van der Waals surface area contributed by atoms with Crippen LogP contribution < -0.4 is 15.4 Å². The summed E-state index contributed by atoms with van der Waals surface area (Å²) in [4.78, 5) is 14.1. The number of aromatic nitrogens is 2. The first-order valence-corrected chi connectivity index (χ1v) is 8.24. The number of carbonyl (C=O) groups excluding carboxylic acids is 1. The average Bonchev–Trinajstić information content (AvgIpc) is 2.59. The van der Waals surface area contributed by atoms with Crippen molar-refractivity contribution in [3.05, 3.63) is 41.0 Å². The van der Waals surface area contributed by atoms with Crippen LogP contribution in [0.4, 0.5) is 11.5 Å². The Labute approximate surface area is 152 Å². The van der Waals surface area contributed by atoms with Gasteiger partial charge in [0.25, 0.3) is 5.91 Å². The maximum absolute atomic E-state index is 12.0. The lowest BCUT2D eigenvalue weighted by Crippen LogP contribution is -2.28. The highest BCUT2D eigenvalue weighted by Crippen LogP contribution is 2.29. The molecule has 25 heavy (non-hydrogen) atoms. The van der Waals surface area contributed by atoms with Crippen LogP contribution in [-0.4, -0.2) is 55.3 Å². The van der Waals surface area contributed by atoms with Crippen molar-refractivity contribution < 1.29 is 9.53 Å². The summed E-state index contributed by atoms with van der Waals surface area (Å²) in [6.45, 7) is 1.51. The van der Waals surface area contributed by atoms with E-state index in [-0.39, 0.29) is 11.6 Å². The summed E-state index contributed by atoms with van der Waals surface area (Å²) >= 11 is 6.00. The number of carbonyl (C=O) groups is 1. The molecule has 8 heteroatoms. The normalized spacial score (nSPS) is 10.6. The lowest BCUT2D eigenvalue weighted by atomic mass is 10.3. The molecule has 0 aliphatic rings. The van der Waals surface area contributed by atoms with E-state index in [1.165, 1.54) is 0 Å². The highest BCUT2D eigenvalue weighted by molar-refractivity contribution is 6.31. The Bertz CT molecular complexity index is 707. The fourth-order valence-corrected chi connectivity index (χ4v) is 2.30. The van der Waals surface area contributed by atoms with Gasteiger partial charge in [0, 0.05) is 11.6 Å². The third-order valence-electron chi connectivity index (χ3n) is 3.39. The first-order valence-electron chi connectivity index (χ1n) is 7.87. The molecule has 0 bridgehead atoms. The number of hydrogen-bond donors (Lipinski definition) is 2. The van der Waals surface area contributed by atoms with Crippen LogP contribution in [0.1, 0.15) is 16.9 Å². The molecule has 0 aliphatic carbocycles. The number of nitrogens with zero attached hydrogens (tertiary/aromatic N) is 3. The highest BCUT2D eigenvalue weighted by atomic mass is 35.5. The Morgan fingerprint density at radius 2 is 2.04 bits per heavy atom. The first kappa shape index (κ1) is 19.0. The van der Waals surface area contributed by atoms with E-state index in [1.807, 2.05) is 14.1 Å². The van der Waals surface area contributed by atoms with Gasteiger partial charge >= 0.3 is 0 Å². The summed E-state index contributed by atoms with van der Waals surface area (Å²) in [5, 5.41) is 14.5. The van der Waals surface area contributed by atoms with Crippen molar-refractivity contribution in [1.82, 2.24) is 20.4 Å². The van der Waals surface area contributed by atoms with Gasteiger partial charge in [0.2, 0.25) is 0 Å². The van der Waals surface area contributed by atoms with E-state index < -0.39 is 0 Å². The largest absolute Gasteiger partial charge is 0.495 e. The lowest BCUT2D eigenvalue weighted by molar-refractivity contribution is 0.0946. The number of ether oxygens (including phenoxy) is 1. The molecule has 1 aromatic heterocycles. The van der Waals surface area contributed by atoms with Gasteiger partial charge in [-0.05, 0) is 57.4 Å². The van der Waals surface area contributed by atoms with Crippen LogP contribution in [0.15, 0.2) is 30.3 Å². The van der Waals surface area contributed by atoms with Gasteiger partial charge in [-0.15, -0.1) is 10.2 Å². The van der Waals surface area contributed by atoms with Crippen LogP contribution in [0.25, 0.3) is 0 Å². The van der Waals surface area contributed by atoms with Crippen molar-refractivity contribution in [1.29, 1.82) is 0 Å². The van der Waals surface area contributed by atoms with E-state index in [0.29, 0.717) is 28.8 Å². The molecular formula is C17H22ClN5O2. The lowest BCUT2D eigenvalue weighted by Gasteiger charge is -2.11. The first-order chi connectivity index (χ1) is 12.0. The Morgan fingerprint density at radius 3 is 2.68 bits per heavy atom. The summed E-state index contributed by atoms with van der Waals surface area (Å²) in [6, 6.07) is 8.53. The summed E-state index contributed by atoms with van der Waals surface area (Å²) in [6.07, 6.45) is 0.875. The average molecular weight is 364 g/mol. The van der Waals surface area contributed by atoms with Gasteiger partial charge in [0.15, 0.2) is 11.5 Å². The number of methoxy groups -OCH3 is 1. The fourth-order valence-electron chi connectivity index (χ4n) is 2.12. The molecule has 1 aromatic carbocycles. The van der Waals surface area contributed by atoms with Gasteiger partial charge in [-0.2, -0.15) is 0 Å². The molecule has 2 rings (SSSR count). The van der Waals surface area contributed by atoms with E-state index in [2.05, 4.69) is 25.7 Å². The zero-order valence-corrected chi connectivity index (χ0v) is 15.3. The molecule has 134 valence electrons. The van der Waals surface area contributed by atoms with Gasteiger partial charge < -0.3 is 20.3 Å². The zero-order valence-electron chi connectivity index (χ0n) is 14.5. The summed E-state index contributed by atoms with van der Waals surface area (Å²) in [7, 11) is 5.56. The zero-order chi connectivity index (χ0) is 18.2. The van der Waals surface area contributed by atoms with Crippen molar-refractivity contribution in [3.8, 4) is 5.75 Å². The second-order valence-corrected chi connectivity index (χ2v) is 6.12. The second kappa shape index (κ2) is 9.19. The van der Waals surface area contributed by atoms with Crippen molar-refractivity contribution in [3.63, 3.8) is 0 Å². The molecule has 0 radical (unpaired) electrons. The minimum absolute atomic E-state index is 0.238. The summed E-state index contributed by atoms with van der Waals surface area (Å²) in [5.74, 6) is 0.886. The van der Waals surface area contributed by atoms with Crippen LogP contribution >= 0.6 is 11.6 Å². The van der Waals surface area contributed by atoms with Gasteiger partial charge in [-0.3, -0.25) is 4.79 Å². The molecule has 1 amide bonds. The maximum atomic E-state index is 12.0. The second-order valence-electron chi connectivity index (χ2n) is 5.69. The maximum Gasteiger partial charge on any atom is 0.271 e. The smallest absolute Gasteiger partial charge is 0.271 e. The van der Waals surface area contributed by atoms with Gasteiger partial charge in [0.1, 0.15) is 5.75 Å². The Hall–Kier alpha value is -2.38. The molecule has 0 saturated heterocycles.